The number of para-hydroxylation sites is 1. The number of carbonyl (C=O) groups is 1. The molecule has 0 fully saturated rings. The predicted molar refractivity (Wildman–Crippen MR) is 98.5 cm³/mol. The van der Waals surface area contributed by atoms with E-state index in [9.17, 15) is 4.79 Å². The average Bonchev–Trinajstić information content (AvgIpc) is 3.15. The van der Waals surface area contributed by atoms with Gasteiger partial charge in [-0.2, -0.15) is 0 Å². The zero-order valence-corrected chi connectivity index (χ0v) is 13.9. The number of nitrogens with zero attached hydrogens (tertiary/aromatic N) is 1. The molecule has 2 N–H and O–H groups in total. The molecule has 0 saturated carbocycles. The van der Waals surface area contributed by atoms with Crippen LogP contribution in [0.3, 0.4) is 0 Å². The van der Waals surface area contributed by atoms with Crippen LogP contribution >= 0.6 is 0 Å². The first-order chi connectivity index (χ1) is 12.8. The average molecular weight is 347 g/mol. The number of hydrogen-bond acceptors (Lipinski definition) is 5. The van der Waals surface area contributed by atoms with Crippen LogP contribution < -0.4 is 20.1 Å². The number of pyridine rings is 1. The van der Waals surface area contributed by atoms with Gasteiger partial charge < -0.3 is 20.1 Å². The normalized spacial score (nSPS) is 11.8. The van der Waals surface area contributed by atoms with Gasteiger partial charge in [-0.3, -0.25) is 4.79 Å². The van der Waals surface area contributed by atoms with Crippen molar-refractivity contribution in [1.29, 1.82) is 0 Å². The third kappa shape index (κ3) is 3.59. The molecule has 1 aliphatic rings. The Morgan fingerprint density at radius 3 is 2.62 bits per heavy atom. The number of ether oxygens (including phenoxy) is 2. The van der Waals surface area contributed by atoms with Crippen LogP contribution in [0, 0.1) is 0 Å². The molecule has 0 radical (unpaired) electrons. The molecule has 0 saturated heterocycles. The van der Waals surface area contributed by atoms with Crippen molar-refractivity contribution < 1.29 is 14.3 Å². The van der Waals surface area contributed by atoms with Gasteiger partial charge in [0.05, 0.1) is 11.9 Å². The van der Waals surface area contributed by atoms with Crippen molar-refractivity contribution in [2.75, 3.05) is 17.4 Å². The predicted octanol–water partition coefficient (Wildman–Crippen LogP) is 3.67. The quantitative estimate of drug-likeness (QED) is 0.737. The summed E-state index contributed by atoms with van der Waals surface area (Å²) < 4.78 is 10.7. The van der Waals surface area contributed by atoms with E-state index in [0.717, 1.165) is 28.4 Å². The summed E-state index contributed by atoms with van der Waals surface area (Å²) in [6.45, 7) is 0.885. The minimum absolute atomic E-state index is 0.237. The Morgan fingerprint density at radius 1 is 0.962 bits per heavy atom. The molecule has 0 bridgehead atoms. The number of hydrogen-bond donors (Lipinski definition) is 2. The molecule has 0 aliphatic carbocycles. The lowest BCUT2D eigenvalue weighted by molar-refractivity contribution is 0.102. The minimum Gasteiger partial charge on any atom is -0.454 e. The number of fused-ring (bicyclic) bond motifs is 1. The molecule has 3 aromatic rings. The summed E-state index contributed by atoms with van der Waals surface area (Å²) in [5, 5.41) is 6.09. The van der Waals surface area contributed by atoms with E-state index < -0.39 is 0 Å². The highest BCUT2D eigenvalue weighted by molar-refractivity contribution is 6.02. The van der Waals surface area contributed by atoms with Gasteiger partial charge in [0.2, 0.25) is 6.79 Å². The highest BCUT2D eigenvalue weighted by atomic mass is 16.7. The van der Waals surface area contributed by atoms with E-state index in [1.54, 1.807) is 12.3 Å². The maximum atomic E-state index is 12.2. The van der Waals surface area contributed by atoms with E-state index in [4.69, 9.17) is 9.47 Å². The summed E-state index contributed by atoms with van der Waals surface area (Å²) in [6, 6.07) is 18.7. The van der Waals surface area contributed by atoms with Crippen LogP contribution in [-0.4, -0.2) is 17.7 Å². The Labute approximate surface area is 150 Å². The van der Waals surface area contributed by atoms with Crippen LogP contribution in [0.5, 0.6) is 11.5 Å². The van der Waals surface area contributed by atoms with E-state index in [0.29, 0.717) is 12.2 Å². The molecular formula is C20H17N3O3. The summed E-state index contributed by atoms with van der Waals surface area (Å²) >= 11 is 0. The molecule has 1 aromatic heterocycles. The summed E-state index contributed by atoms with van der Waals surface area (Å²) in [7, 11) is 0. The van der Waals surface area contributed by atoms with E-state index in [1.807, 2.05) is 54.6 Å². The number of anilines is 2. The number of rotatable bonds is 5. The molecule has 6 nitrogen and oxygen atoms in total. The van der Waals surface area contributed by atoms with Crippen LogP contribution in [0.25, 0.3) is 0 Å². The van der Waals surface area contributed by atoms with Gasteiger partial charge >= 0.3 is 0 Å². The first-order valence-corrected chi connectivity index (χ1v) is 8.23. The van der Waals surface area contributed by atoms with Crippen LogP contribution in [-0.2, 0) is 6.54 Å². The van der Waals surface area contributed by atoms with Crippen LogP contribution in [0.15, 0.2) is 66.9 Å². The molecule has 1 aliphatic heterocycles. The SMILES string of the molecule is O=C(Nc1ccccc1)c1ccc(NCc2ccc3c(c2)OCO3)cn1. The fourth-order valence-corrected chi connectivity index (χ4v) is 2.60. The Kier molecular flexibility index (Phi) is 4.38. The molecule has 0 atom stereocenters. The van der Waals surface area contributed by atoms with Crippen molar-refractivity contribution in [3.8, 4) is 11.5 Å². The first kappa shape index (κ1) is 16.0. The van der Waals surface area contributed by atoms with Gasteiger partial charge in [-0.15, -0.1) is 0 Å². The lowest BCUT2D eigenvalue weighted by atomic mass is 10.2. The van der Waals surface area contributed by atoms with Crippen molar-refractivity contribution in [3.63, 3.8) is 0 Å². The Bertz CT molecular complexity index is 911. The number of benzene rings is 2. The fourth-order valence-electron chi connectivity index (χ4n) is 2.60. The van der Waals surface area contributed by atoms with E-state index in [-0.39, 0.29) is 12.7 Å². The van der Waals surface area contributed by atoms with Crippen LogP contribution in [0.1, 0.15) is 16.1 Å². The second kappa shape index (κ2) is 7.14. The van der Waals surface area contributed by atoms with E-state index >= 15 is 0 Å². The lowest BCUT2D eigenvalue weighted by Gasteiger charge is -2.08. The molecule has 4 rings (SSSR count). The van der Waals surface area contributed by atoms with Gasteiger partial charge in [0.15, 0.2) is 11.5 Å². The van der Waals surface area contributed by atoms with Crippen molar-refractivity contribution >= 4 is 17.3 Å². The maximum Gasteiger partial charge on any atom is 0.274 e. The Hall–Kier alpha value is -3.54. The van der Waals surface area contributed by atoms with Crippen LogP contribution in [0.4, 0.5) is 11.4 Å². The second-order valence-corrected chi connectivity index (χ2v) is 5.79. The fraction of sp³-hybridized carbons (Fsp3) is 0.100. The van der Waals surface area contributed by atoms with Crippen molar-refractivity contribution in [3.05, 3.63) is 78.1 Å². The molecule has 2 aromatic carbocycles. The van der Waals surface area contributed by atoms with Gasteiger partial charge in [-0.1, -0.05) is 24.3 Å². The smallest absolute Gasteiger partial charge is 0.274 e. The Balaban J connectivity index is 1.36. The van der Waals surface area contributed by atoms with Crippen molar-refractivity contribution in [2.45, 2.75) is 6.54 Å². The molecule has 0 unspecified atom stereocenters. The monoisotopic (exact) mass is 347 g/mol. The van der Waals surface area contributed by atoms with Gasteiger partial charge in [0.1, 0.15) is 5.69 Å². The summed E-state index contributed by atoms with van der Waals surface area (Å²) in [4.78, 5) is 16.4. The largest absolute Gasteiger partial charge is 0.454 e. The van der Waals surface area contributed by atoms with E-state index in [2.05, 4.69) is 15.6 Å². The highest BCUT2D eigenvalue weighted by Gasteiger charge is 2.13. The van der Waals surface area contributed by atoms with Crippen molar-refractivity contribution in [1.82, 2.24) is 4.98 Å². The topological polar surface area (TPSA) is 72.5 Å². The highest BCUT2D eigenvalue weighted by Crippen LogP contribution is 2.32. The summed E-state index contributed by atoms with van der Waals surface area (Å²) in [5.41, 5.74) is 3.01. The zero-order chi connectivity index (χ0) is 17.8. The third-order valence-electron chi connectivity index (χ3n) is 3.96. The molecule has 1 amide bonds. The zero-order valence-electron chi connectivity index (χ0n) is 13.9. The van der Waals surface area contributed by atoms with E-state index in [1.165, 1.54) is 0 Å². The molecule has 26 heavy (non-hydrogen) atoms. The summed E-state index contributed by atoms with van der Waals surface area (Å²) in [5.74, 6) is 1.29. The maximum absolute atomic E-state index is 12.2. The molecule has 0 spiro atoms. The number of carbonyl (C=O) groups excluding carboxylic acids is 1. The molecule has 6 heteroatoms. The van der Waals surface area contributed by atoms with Gasteiger partial charge in [0.25, 0.3) is 5.91 Å². The van der Waals surface area contributed by atoms with Crippen LogP contribution in [0.2, 0.25) is 0 Å². The standard InChI is InChI=1S/C20H17N3O3/c24-20(23-15-4-2-1-3-5-15)17-8-7-16(12-22-17)21-11-14-6-9-18-19(10-14)26-13-25-18/h1-10,12,21H,11,13H2,(H,23,24). The number of aromatic nitrogens is 1. The summed E-state index contributed by atoms with van der Waals surface area (Å²) in [6.07, 6.45) is 1.65. The van der Waals surface area contributed by atoms with Crippen molar-refractivity contribution in [2.24, 2.45) is 0 Å². The number of amides is 1. The minimum atomic E-state index is -0.237. The Morgan fingerprint density at radius 2 is 1.81 bits per heavy atom. The van der Waals surface area contributed by atoms with Gasteiger partial charge in [-0.25, -0.2) is 4.98 Å². The second-order valence-electron chi connectivity index (χ2n) is 5.79. The molecule has 2 heterocycles. The lowest BCUT2D eigenvalue weighted by Crippen LogP contribution is -2.13. The van der Waals surface area contributed by atoms with Gasteiger partial charge in [-0.05, 0) is 42.0 Å². The molecular weight excluding hydrogens is 330 g/mol. The third-order valence-corrected chi connectivity index (χ3v) is 3.96. The molecule has 130 valence electrons. The van der Waals surface area contributed by atoms with Gasteiger partial charge in [0, 0.05) is 12.2 Å². The first-order valence-electron chi connectivity index (χ1n) is 8.23. The number of nitrogens with one attached hydrogen (secondary N) is 2.